The van der Waals surface area contributed by atoms with Crippen LogP contribution < -0.4 is 0 Å². The van der Waals surface area contributed by atoms with Crippen molar-refractivity contribution >= 4 is 6.29 Å². The summed E-state index contributed by atoms with van der Waals surface area (Å²) >= 11 is 0. The van der Waals surface area contributed by atoms with Gasteiger partial charge < -0.3 is 25.2 Å². The maximum absolute atomic E-state index is 10.1. The van der Waals surface area contributed by atoms with E-state index in [2.05, 4.69) is 0 Å². The molecule has 0 heterocycles. The van der Waals surface area contributed by atoms with Crippen LogP contribution in [-0.4, -0.2) is 51.1 Å². The molecule has 4 N–H and O–H groups in total. The standard InChI is InChI=1S/C6H12O5/c1-6(11,3-8)5(10)4(9)2-7/h3-5,7,9-11H,2H2,1H3/t4-,5+,6-/m1/s1. The van der Waals surface area contributed by atoms with Gasteiger partial charge in [-0.2, -0.15) is 0 Å². The number of aliphatic hydroxyl groups is 4. The van der Waals surface area contributed by atoms with Gasteiger partial charge in [-0.3, -0.25) is 0 Å². The summed E-state index contributed by atoms with van der Waals surface area (Å²) < 4.78 is 0. The molecule has 5 nitrogen and oxygen atoms in total. The largest absolute Gasteiger partial charge is 0.394 e. The normalized spacial score (nSPS) is 21.9. The molecule has 0 unspecified atom stereocenters. The van der Waals surface area contributed by atoms with Crippen molar-refractivity contribution in [2.24, 2.45) is 0 Å². The van der Waals surface area contributed by atoms with Gasteiger partial charge in [-0.1, -0.05) is 0 Å². The lowest BCUT2D eigenvalue weighted by atomic mass is 9.97. The lowest BCUT2D eigenvalue weighted by molar-refractivity contribution is -0.148. The number of aldehydes is 1. The molecule has 11 heavy (non-hydrogen) atoms. The van der Waals surface area contributed by atoms with Gasteiger partial charge in [-0.05, 0) is 6.92 Å². The number of hydrogen-bond donors (Lipinski definition) is 4. The highest BCUT2D eigenvalue weighted by Gasteiger charge is 2.34. The van der Waals surface area contributed by atoms with E-state index in [0.29, 0.717) is 0 Å². The number of aliphatic hydroxyl groups excluding tert-OH is 3. The Morgan fingerprint density at radius 3 is 2.27 bits per heavy atom. The lowest BCUT2D eigenvalue weighted by Crippen LogP contribution is -2.49. The summed E-state index contributed by atoms with van der Waals surface area (Å²) in [6, 6.07) is 0. The van der Waals surface area contributed by atoms with Gasteiger partial charge in [-0.15, -0.1) is 0 Å². The Balaban J connectivity index is 4.21. The second-order valence-electron chi connectivity index (χ2n) is 2.54. The zero-order valence-corrected chi connectivity index (χ0v) is 6.14. The first-order chi connectivity index (χ1) is 4.95. The second kappa shape index (κ2) is 3.77. The molecule has 0 aliphatic heterocycles. The van der Waals surface area contributed by atoms with E-state index in [9.17, 15) is 4.79 Å². The average Bonchev–Trinajstić information content (AvgIpc) is 2.01. The van der Waals surface area contributed by atoms with Gasteiger partial charge in [0.15, 0.2) is 6.29 Å². The van der Waals surface area contributed by atoms with E-state index in [1.165, 1.54) is 0 Å². The third-order valence-corrected chi connectivity index (χ3v) is 1.39. The molecule has 0 radical (unpaired) electrons. The highest BCUT2D eigenvalue weighted by Crippen LogP contribution is 2.09. The summed E-state index contributed by atoms with van der Waals surface area (Å²) in [6.45, 7) is 0.342. The molecule has 0 bridgehead atoms. The SMILES string of the molecule is C[C@@](O)(C=O)[C@@H](O)[C@H](O)CO. The van der Waals surface area contributed by atoms with Crippen LogP contribution in [0.1, 0.15) is 6.92 Å². The third kappa shape index (κ3) is 2.55. The summed E-state index contributed by atoms with van der Waals surface area (Å²) in [4.78, 5) is 10.1. The van der Waals surface area contributed by atoms with Crippen molar-refractivity contribution in [1.29, 1.82) is 0 Å². The van der Waals surface area contributed by atoms with Crippen LogP contribution >= 0.6 is 0 Å². The summed E-state index contributed by atoms with van der Waals surface area (Å²) in [6.07, 6.45) is -3.06. The minimum atomic E-state index is -2.01. The highest BCUT2D eigenvalue weighted by molar-refractivity contribution is 5.62. The molecule has 0 spiro atoms. The molecule has 66 valence electrons. The molecule has 0 amide bonds. The van der Waals surface area contributed by atoms with Crippen molar-refractivity contribution < 1.29 is 25.2 Å². The van der Waals surface area contributed by atoms with E-state index < -0.39 is 24.4 Å². The molecule has 0 aromatic carbocycles. The van der Waals surface area contributed by atoms with E-state index in [1.807, 2.05) is 0 Å². The predicted molar refractivity (Wildman–Crippen MR) is 35.8 cm³/mol. The maximum atomic E-state index is 10.1. The average molecular weight is 164 g/mol. The first-order valence-electron chi connectivity index (χ1n) is 3.11. The van der Waals surface area contributed by atoms with Crippen molar-refractivity contribution in [1.82, 2.24) is 0 Å². The van der Waals surface area contributed by atoms with Gasteiger partial charge in [0.2, 0.25) is 0 Å². The molecule has 0 saturated heterocycles. The zero-order valence-electron chi connectivity index (χ0n) is 6.14. The van der Waals surface area contributed by atoms with Gasteiger partial charge in [0, 0.05) is 0 Å². The molecular formula is C6H12O5. The molecule has 0 rings (SSSR count). The number of carbonyl (C=O) groups is 1. The molecule has 0 aromatic rings. The van der Waals surface area contributed by atoms with Gasteiger partial charge in [-0.25, -0.2) is 0 Å². The van der Waals surface area contributed by atoms with Gasteiger partial charge in [0.25, 0.3) is 0 Å². The van der Waals surface area contributed by atoms with E-state index in [4.69, 9.17) is 20.4 Å². The van der Waals surface area contributed by atoms with Crippen LogP contribution in [0.5, 0.6) is 0 Å². The zero-order chi connectivity index (χ0) is 9.07. The van der Waals surface area contributed by atoms with Gasteiger partial charge >= 0.3 is 0 Å². The van der Waals surface area contributed by atoms with Crippen LogP contribution in [0.15, 0.2) is 0 Å². The van der Waals surface area contributed by atoms with Crippen LogP contribution in [0.2, 0.25) is 0 Å². The number of hydrogen-bond acceptors (Lipinski definition) is 5. The summed E-state index contributed by atoms with van der Waals surface area (Å²) in [5.74, 6) is 0. The minimum Gasteiger partial charge on any atom is -0.394 e. The molecule has 3 atom stereocenters. The third-order valence-electron chi connectivity index (χ3n) is 1.39. The maximum Gasteiger partial charge on any atom is 0.154 e. The first kappa shape index (κ1) is 10.5. The van der Waals surface area contributed by atoms with Crippen molar-refractivity contribution in [3.8, 4) is 0 Å². The lowest BCUT2D eigenvalue weighted by Gasteiger charge is -2.25. The number of carbonyl (C=O) groups excluding carboxylic acids is 1. The van der Waals surface area contributed by atoms with Crippen molar-refractivity contribution in [3.63, 3.8) is 0 Å². The summed E-state index contributed by atoms with van der Waals surface area (Å²) in [5, 5.41) is 35.1. The molecule has 0 aliphatic carbocycles. The molecule has 0 fully saturated rings. The fourth-order valence-electron chi connectivity index (χ4n) is 0.559. The minimum absolute atomic E-state index is 0.108. The topological polar surface area (TPSA) is 98.0 Å². The van der Waals surface area contributed by atoms with Crippen LogP contribution in [-0.2, 0) is 4.79 Å². The Morgan fingerprint density at radius 2 is 2.00 bits per heavy atom. The van der Waals surface area contributed by atoms with Crippen molar-refractivity contribution in [2.45, 2.75) is 24.7 Å². The van der Waals surface area contributed by atoms with Gasteiger partial charge in [0.05, 0.1) is 6.61 Å². The van der Waals surface area contributed by atoms with E-state index in [1.54, 1.807) is 0 Å². The second-order valence-corrected chi connectivity index (χ2v) is 2.54. The molecule has 0 saturated carbocycles. The van der Waals surface area contributed by atoms with E-state index in [0.717, 1.165) is 6.92 Å². The Labute approximate surface area is 63.9 Å². The fourth-order valence-corrected chi connectivity index (χ4v) is 0.559. The van der Waals surface area contributed by atoms with E-state index >= 15 is 0 Å². The monoisotopic (exact) mass is 164 g/mol. The quantitative estimate of drug-likeness (QED) is 0.349. The highest BCUT2D eigenvalue weighted by atomic mass is 16.4. The van der Waals surface area contributed by atoms with Crippen LogP contribution in [0.4, 0.5) is 0 Å². The summed E-state index contributed by atoms with van der Waals surface area (Å²) in [5.41, 5.74) is -2.01. The van der Waals surface area contributed by atoms with Crippen LogP contribution in [0.3, 0.4) is 0 Å². The Hall–Kier alpha value is -0.490. The van der Waals surface area contributed by atoms with Crippen LogP contribution in [0.25, 0.3) is 0 Å². The molecule has 0 aromatic heterocycles. The van der Waals surface area contributed by atoms with Gasteiger partial charge in [0.1, 0.15) is 17.8 Å². The Bertz CT molecular complexity index is 133. The van der Waals surface area contributed by atoms with E-state index in [-0.39, 0.29) is 6.29 Å². The Kier molecular flexibility index (Phi) is 3.61. The van der Waals surface area contributed by atoms with Crippen LogP contribution in [0, 0.1) is 0 Å². The van der Waals surface area contributed by atoms with Crippen molar-refractivity contribution in [2.75, 3.05) is 6.61 Å². The Morgan fingerprint density at radius 1 is 1.55 bits per heavy atom. The molecule has 5 heteroatoms. The molecule has 0 aliphatic rings. The molecular weight excluding hydrogens is 152 g/mol. The first-order valence-corrected chi connectivity index (χ1v) is 3.11. The summed E-state index contributed by atoms with van der Waals surface area (Å²) in [7, 11) is 0. The van der Waals surface area contributed by atoms with Crippen molar-refractivity contribution in [3.05, 3.63) is 0 Å². The predicted octanol–water partition coefficient (Wildman–Crippen LogP) is -2.35. The smallest absolute Gasteiger partial charge is 0.154 e. The fraction of sp³-hybridized carbons (Fsp3) is 0.833. The number of rotatable bonds is 4.